The zero-order valence-corrected chi connectivity index (χ0v) is 7.28. The molecule has 2 N–H and O–H groups in total. The zero-order chi connectivity index (χ0) is 8.98. The van der Waals surface area contributed by atoms with Crippen molar-refractivity contribution in [3.05, 3.63) is 0 Å². The third kappa shape index (κ3) is 0.725. The van der Waals surface area contributed by atoms with Gasteiger partial charge in [-0.1, -0.05) is 0 Å². The Balaban J connectivity index is 2.21. The Kier molecular flexibility index (Phi) is 1.58. The van der Waals surface area contributed by atoms with Gasteiger partial charge in [-0.3, -0.25) is 0 Å². The van der Waals surface area contributed by atoms with Gasteiger partial charge in [0.1, 0.15) is 25.2 Å². The molecule has 0 aromatic carbocycles. The molecule has 0 unspecified atom stereocenters. The molecule has 0 bridgehead atoms. The van der Waals surface area contributed by atoms with Crippen molar-refractivity contribution in [3.8, 4) is 0 Å². The van der Waals surface area contributed by atoms with E-state index in [1.807, 2.05) is 7.85 Å². The normalized spacial score (nSPS) is 56.9. The van der Waals surface area contributed by atoms with Crippen LogP contribution in [0.5, 0.6) is 0 Å². The van der Waals surface area contributed by atoms with Crippen molar-refractivity contribution in [2.75, 3.05) is 13.7 Å². The van der Waals surface area contributed by atoms with Gasteiger partial charge in [0.15, 0.2) is 0 Å². The van der Waals surface area contributed by atoms with E-state index in [0.717, 1.165) is 0 Å². The SMILES string of the molecule is B[C@@H]1O[C@@]2(CO)C[C@]2(O)[C@H]1OC. The Labute approximate surface area is 71.9 Å². The van der Waals surface area contributed by atoms with E-state index in [9.17, 15) is 5.11 Å². The first-order valence-corrected chi connectivity index (χ1v) is 4.13. The van der Waals surface area contributed by atoms with Crippen LogP contribution in [0.3, 0.4) is 0 Å². The van der Waals surface area contributed by atoms with E-state index >= 15 is 0 Å². The summed E-state index contributed by atoms with van der Waals surface area (Å²) in [6.45, 7) is -0.131. The van der Waals surface area contributed by atoms with E-state index in [-0.39, 0.29) is 18.7 Å². The summed E-state index contributed by atoms with van der Waals surface area (Å²) >= 11 is 0. The summed E-state index contributed by atoms with van der Waals surface area (Å²) in [6.07, 6.45) is 0.184. The van der Waals surface area contributed by atoms with E-state index in [4.69, 9.17) is 14.6 Å². The molecule has 68 valence electrons. The fourth-order valence-corrected chi connectivity index (χ4v) is 2.32. The molecule has 1 aliphatic heterocycles. The predicted octanol–water partition coefficient (Wildman–Crippen LogP) is -2.14. The summed E-state index contributed by atoms with van der Waals surface area (Å²) in [5, 5.41) is 19.0. The van der Waals surface area contributed by atoms with Gasteiger partial charge in [0, 0.05) is 13.5 Å². The van der Waals surface area contributed by atoms with E-state index in [0.29, 0.717) is 6.42 Å². The second-order valence-corrected chi connectivity index (χ2v) is 3.73. The van der Waals surface area contributed by atoms with E-state index in [2.05, 4.69) is 0 Å². The summed E-state index contributed by atoms with van der Waals surface area (Å²) in [6, 6.07) is -0.138. The first-order valence-electron chi connectivity index (χ1n) is 4.13. The minimum atomic E-state index is -0.948. The molecule has 2 aliphatic rings. The van der Waals surface area contributed by atoms with Crippen LogP contribution in [-0.4, -0.2) is 55.1 Å². The van der Waals surface area contributed by atoms with Gasteiger partial charge in [-0.15, -0.1) is 0 Å². The second kappa shape index (κ2) is 2.23. The molecule has 1 heterocycles. The van der Waals surface area contributed by atoms with Crippen LogP contribution in [0.15, 0.2) is 0 Å². The van der Waals surface area contributed by atoms with Gasteiger partial charge in [0.25, 0.3) is 0 Å². The van der Waals surface area contributed by atoms with Gasteiger partial charge in [-0.2, -0.15) is 0 Å². The predicted molar refractivity (Wildman–Crippen MR) is 43.6 cm³/mol. The standard InChI is InChI=1S/C7H13BO4/c1-11-4-5(8)12-6(3-9)2-7(4,6)10/h4-5,9-10H,2-3,8H2,1H3/t4-,5+,6+,7-/m0/s1. The lowest BCUT2D eigenvalue weighted by Gasteiger charge is -2.19. The largest absolute Gasteiger partial charge is 0.393 e. The van der Waals surface area contributed by atoms with Crippen molar-refractivity contribution in [2.24, 2.45) is 0 Å². The fraction of sp³-hybridized carbons (Fsp3) is 1.00. The fourth-order valence-electron chi connectivity index (χ4n) is 2.32. The summed E-state index contributed by atoms with van der Waals surface area (Å²) in [5.41, 5.74) is -1.68. The highest BCUT2D eigenvalue weighted by Crippen LogP contribution is 2.59. The van der Waals surface area contributed by atoms with Crippen LogP contribution in [0.1, 0.15) is 6.42 Å². The van der Waals surface area contributed by atoms with E-state index in [1.54, 1.807) is 7.11 Å². The van der Waals surface area contributed by atoms with Crippen molar-refractivity contribution in [1.82, 2.24) is 0 Å². The lowest BCUT2D eigenvalue weighted by molar-refractivity contribution is -0.0290. The quantitative estimate of drug-likeness (QED) is 0.466. The maximum Gasteiger partial charge on any atom is 0.142 e. The monoisotopic (exact) mass is 172 g/mol. The third-order valence-corrected chi connectivity index (χ3v) is 3.04. The Morgan fingerprint density at radius 1 is 1.75 bits per heavy atom. The molecule has 0 radical (unpaired) electrons. The average Bonchev–Trinajstić information content (AvgIpc) is 2.52. The minimum Gasteiger partial charge on any atom is -0.393 e. The second-order valence-electron chi connectivity index (χ2n) is 3.73. The Hall–Kier alpha value is -0.0951. The topological polar surface area (TPSA) is 58.9 Å². The van der Waals surface area contributed by atoms with Crippen molar-refractivity contribution in [3.63, 3.8) is 0 Å². The number of rotatable bonds is 2. The number of ether oxygens (including phenoxy) is 2. The molecule has 4 nitrogen and oxygen atoms in total. The number of hydrogen-bond acceptors (Lipinski definition) is 4. The molecule has 0 spiro atoms. The molecule has 1 aliphatic carbocycles. The number of fused-ring (bicyclic) bond motifs is 1. The first kappa shape index (κ1) is 8.50. The molecule has 12 heavy (non-hydrogen) atoms. The molecular formula is C7H13BO4. The highest BCUT2D eigenvalue weighted by molar-refractivity contribution is 6.12. The van der Waals surface area contributed by atoms with Crippen LogP contribution >= 0.6 is 0 Å². The molecule has 4 atom stereocenters. The molecule has 2 fully saturated rings. The Morgan fingerprint density at radius 3 is 2.75 bits per heavy atom. The van der Waals surface area contributed by atoms with Crippen molar-refractivity contribution in [1.29, 1.82) is 0 Å². The van der Waals surface area contributed by atoms with Crippen LogP contribution in [0.25, 0.3) is 0 Å². The Bertz CT molecular complexity index is 212. The highest BCUT2D eigenvalue weighted by atomic mass is 16.6. The Morgan fingerprint density at radius 2 is 2.42 bits per heavy atom. The summed E-state index contributed by atoms with van der Waals surface area (Å²) < 4.78 is 10.6. The van der Waals surface area contributed by atoms with Crippen LogP contribution in [0.4, 0.5) is 0 Å². The molecule has 1 saturated heterocycles. The van der Waals surface area contributed by atoms with Crippen molar-refractivity contribution >= 4 is 7.85 Å². The van der Waals surface area contributed by atoms with Gasteiger partial charge in [-0.25, -0.2) is 0 Å². The number of hydrogen-bond donors (Lipinski definition) is 2. The molecule has 2 rings (SSSR count). The molecular weight excluding hydrogens is 159 g/mol. The van der Waals surface area contributed by atoms with E-state index in [1.165, 1.54) is 0 Å². The number of methoxy groups -OCH3 is 1. The van der Waals surface area contributed by atoms with Gasteiger partial charge in [-0.05, 0) is 0 Å². The van der Waals surface area contributed by atoms with Gasteiger partial charge in [0.05, 0.1) is 12.6 Å². The van der Waals surface area contributed by atoms with Crippen molar-refractivity contribution < 1.29 is 19.7 Å². The molecule has 0 aromatic rings. The smallest absolute Gasteiger partial charge is 0.142 e. The molecule has 5 heteroatoms. The highest BCUT2D eigenvalue weighted by Gasteiger charge is 2.78. The zero-order valence-electron chi connectivity index (χ0n) is 7.28. The van der Waals surface area contributed by atoms with E-state index < -0.39 is 11.2 Å². The summed E-state index contributed by atoms with van der Waals surface area (Å²) in [7, 11) is 3.39. The third-order valence-electron chi connectivity index (χ3n) is 3.04. The average molecular weight is 172 g/mol. The number of aliphatic hydroxyl groups excluding tert-OH is 1. The molecule has 0 amide bonds. The summed E-state index contributed by atoms with van der Waals surface area (Å²) in [5.74, 6) is 0. The van der Waals surface area contributed by atoms with Crippen LogP contribution in [0, 0.1) is 0 Å². The van der Waals surface area contributed by atoms with Crippen LogP contribution < -0.4 is 0 Å². The maximum absolute atomic E-state index is 9.94. The van der Waals surface area contributed by atoms with Crippen LogP contribution in [-0.2, 0) is 9.47 Å². The molecule has 0 aromatic heterocycles. The number of aliphatic hydroxyl groups is 2. The maximum atomic E-state index is 9.94. The minimum absolute atomic E-state index is 0.131. The summed E-state index contributed by atoms with van der Waals surface area (Å²) in [4.78, 5) is 0. The van der Waals surface area contributed by atoms with Crippen LogP contribution in [0.2, 0.25) is 0 Å². The van der Waals surface area contributed by atoms with Gasteiger partial charge < -0.3 is 19.7 Å². The van der Waals surface area contributed by atoms with Crippen molar-refractivity contribution in [2.45, 2.75) is 29.7 Å². The molecule has 1 saturated carbocycles. The van der Waals surface area contributed by atoms with Gasteiger partial charge in [0.2, 0.25) is 0 Å². The lowest BCUT2D eigenvalue weighted by Crippen LogP contribution is -2.37. The first-order chi connectivity index (χ1) is 5.59. The van der Waals surface area contributed by atoms with Gasteiger partial charge >= 0.3 is 0 Å². The lowest BCUT2D eigenvalue weighted by atomic mass is 9.91.